The van der Waals surface area contributed by atoms with E-state index in [0.29, 0.717) is 59.6 Å². The minimum Gasteiger partial charge on any atom is -0.508 e. The molecule has 0 unspecified atom stereocenters. The van der Waals surface area contributed by atoms with Crippen molar-refractivity contribution in [3.8, 4) is 23.0 Å². The lowest BCUT2D eigenvalue weighted by Crippen LogP contribution is -2.34. The second kappa shape index (κ2) is 15.8. The Labute approximate surface area is 234 Å². The van der Waals surface area contributed by atoms with Gasteiger partial charge in [-0.05, 0) is 63.8 Å². The predicted octanol–water partition coefficient (Wildman–Crippen LogP) is 4.21. The van der Waals surface area contributed by atoms with E-state index in [0.717, 1.165) is 25.7 Å². The maximum Gasteiger partial charge on any atom is 0.335 e. The highest BCUT2D eigenvalue weighted by Gasteiger charge is 2.14. The topological polar surface area (TPSA) is 188 Å². The van der Waals surface area contributed by atoms with Crippen LogP contribution in [0.25, 0.3) is 0 Å². The van der Waals surface area contributed by atoms with Crippen molar-refractivity contribution in [3.63, 3.8) is 0 Å². The van der Waals surface area contributed by atoms with Gasteiger partial charge in [0, 0.05) is 35.3 Å². The van der Waals surface area contributed by atoms with Crippen molar-refractivity contribution in [1.29, 1.82) is 0 Å². The van der Waals surface area contributed by atoms with E-state index in [1.165, 1.54) is 12.1 Å². The molecule has 2 rings (SSSR count). The Morgan fingerprint density at radius 1 is 0.650 bits per heavy atom. The molecule has 2 aromatic carbocycles. The molecule has 0 saturated heterocycles. The summed E-state index contributed by atoms with van der Waals surface area (Å²) in [5.41, 5.74) is 7.43. The number of amides is 4. The van der Waals surface area contributed by atoms with Gasteiger partial charge in [-0.1, -0.05) is 26.7 Å². The number of carbonyl (C=O) groups is 2. The van der Waals surface area contributed by atoms with Crippen LogP contribution < -0.4 is 21.5 Å². The van der Waals surface area contributed by atoms with Crippen LogP contribution in [0.4, 0.5) is 9.59 Å². The van der Waals surface area contributed by atoms with E-state index in [9.17, 15) is 30.0 Å². The minimum atomic E-state index is -0.456. The molecule has 0 fully saturated rings. The average molecular weight is 557 g/mol. The van der Waals surface area contributed by atoms with Crippen LogP contribution in [0.15, 0.2) is 34.5 Å². The Morgan fingerprint density at radius 3 is 1.38 bits per heavy atom. The summed E-state index contributed by atoms with van der Waals surface area (Å²) >= 11 is 0. The normalized spacial score (nSPS) is 11.7. The van der Waals surface area contributed by atoms with Crippen molar-refractivity contribution in [2.24, 2.45) is 10.2 Å². The summed E-state index contributed by atoms with van der Waals surface area (Å²) in [5, 5.41) is 53.5. The SMILES string of the molecule is CC/C(=N\NC(=O)NCCCCCCNC(=O)N/N=C(\CC)c1ccc(O)c(C)c1O)c1ccc(O)c(C)c1O. The van der Waals surface area contributed by atoms with Gasteiger partial charge >= 0.3 is 12.1 Å². The Hall–Kier alpha value is -4.48. The van der Waals surface area contributed by atoms with Crippen LogP contribution in [0.2, 0.25) is 0 Å². The molecule has 0 aliphatic carbocycles. The van der Waals surface area contributed by atoms with E-state index < -0.39 is 12.1 Å². The molecule has 0 radical (unpaired) electrons. The molecule has 0 heterocycles. The molecule has 0 atom stereocenters. The zero-order chi connectivity index (χ0) is 29.7. The van der Waals surface area contributed by atoms with Gasteiger partial charge < -0.3 is 31.1 Å². The highest BCUT2D eigenvalue weighted by atomic mass is 16.3. The van der Waals surface area contributed by atoms with Crippen molar-refractivity contribution in [1.82, 2.24) is 21.5 Å². The standard InChI is InChI=1S/C28H40N6O6/c1-5-21(19-11-13-23(35)17(3)25(19)37)31-33-27(39)29-15-9-7-8-10-16-30-28(40)34-32-22(6-2)20-12-14-24(36)18(4)26(20)38/h11-14,35-38H,5-10,15-16H2,1-4H3,(H2,29,33,39)(H2,30,34,40)/b31-21+,32-22+. The number of hydrogen-bond acceptors (Lipinski definition) is 8. The van der Waals surface area contributed by atoms with Crippen LogP contribution in [-0.4, -0.2) is 57.0 Å². The quantitative estimate of drug-likeness (QED) is 0.104. The highest BCUT2D eigenvalue weighted by molar-refractivity contribution is 6.04. The lowest BCUT2D eigenvalue weighted by molar-refractivity contribution is 0.240. The fraction of sp³-hybridized carbons (Fsp3) is 0.429. The summed E-state index contributed by atoms with van der Waals surface area (Å²) < 4.78 is 0. The molecular formula is C28H40N6O6. The van der Waals surface area contributed by atoms with E-state index in [1.54, 1.807) is 26.0 Å². The number of carbonyl (C=O) groups excluding carboxylic acids is 2. The lowest BCUT2D eigenvalue weighted by Gasteiger charge is -2.11. The zero-order valence-corrected chi connectivity index (χ0v) is 23.5. The summed E-state index contributed by atoms with van der Waals surface area (Å²) in [7, 11) is 0. The summed E-state index contributed by atoms with van der Waals surface area (Å²) in [5.74, 6) is -0.171. The first-order valence-electron chi connectivity index (χ1n) is 13.3. The first kappa shape index (κ1) is 31.7. The lowest BCUT2D eigenvalue weighted by atomic mass is 10.0. The predicted molar refractivity (Wildman–Crippen MR) is 154 cm³/mol. The largest absolute Gasteiger partial charge is 0.508 e. The first-order valence-corrected chi connectivity index (χ1v) is 13.3. The number of aromatic hydroxyl groups is 4. The molecule has 218 valence electrons. The van der Waals surface area contributed by atoms with Crippen molar-refractivity contribution >= 4 is 23.5 Å². The fourth-order valence-electron chi connectivity index (χ4n) is 3.83. The molecule has 12 nitrogen and oxygen atoms in total. The maximum absolute atomic E-state index is 12.1. The van der Waals surface area contributed by atoms with Gasteiger partial charge in [0.15, 0.2) is 0 Å². The van der Waals surface area contributed by atoms with E-state index in [4.69, 9.17) is 0 Å². The van der Waals surface area contributed by atoms with Crippen molar-refractivity contribution in [2.45, 2.75) is 66.2 Å². The Kier molecular flexibility index (Phi) is 12.5. The molecule has 0 aliphatic heterocycles. The smallest absolute Gasteiger partial charge is 0.335 e. The van der Waals surface area contributed by atoms with E-state index in [1.807, 2.05) is 13.8 Å². The van der Waals surface area contributed by atoms with Gasteiger partial charge in [0.2, 0.25) is 0 Å². The van der Waals surface area contributed by atoms with Crippen LogP contribution in [0.5, 0.6) is 23.0 Å². The van der Waals surface area contributed by atoms with Crippen molar-refractivity contribution in [3.05, 3.63) is 46.5 Å². The van der Waals surface area contributed by atoms with Crippen LogP contribution in [0.1, 0.15) is 74.6 Å². The summed E-state index contributed by atoms with van der Waals surface area (Å²) in [4.78, 5) is 24.1. The second-order valence-corrected chi connectivity index (χ2v) is 9.19. The summed E-state index contributed by atoms with van der Waals surface area (Å²) in [6, 6.07) is 5.14. The van der Waals surface area contributed by atoms with E-state index in [-0.39, 0.29) is 23.0 Å². The number of phenolic OH excluding ortho intramolecular Hbond substituents is 4. The first-order chi connectivity index (χ1) is 19.1. The number of phenols is 4. The molecule has 0 saturated carbocycles. The fourth-order valence-corrected chi connectivity index (χ4v) is 3.83. The number of benzene rings is 2. The van der Waals surface area contributed by atoms with Crippen molar-refractivity contribution < 1.29 is 30.0 Å². The zero-order valence-electron chi connectivity index (χ0n) is 23.5. The summed E-state index contributed by atoms with van der Waals surface area (Å²) in [6.45, 7) is 7.80. The third kappa shape index (κ3) is 9.07. The molecule has 8 N–H and O–H groups in total. The van der Waals surface area contributed by atoms with Gasteiger partial charge in [-0.2, -0.15) is 10.2 Å². The van der Waals surface area contributed by atoms with E-state index in [2.05, 4.69) is 31.7 Å². The van der Waals surface area contributed by atoms with Gasteiger partial charge in [0.25, 0.3) is 0 Å². The van der Waals surface area contributed by atoms with Gasteiger partial charge in [-0.3, -0.25) is 0 Å². The van der Waals surface area contributed by atoms with Crippen LogP contribution in [0, 0.1) is 13.8 Å². The van der Waals surface area contributed by atoms with Gasteiger partial charge in [0.1, 0.15) is 23.0 Å². The molecular weight excluding hydrogens is 516 g/mol. The molecule has 4 amide bonds. The van der Waals surface area contributed by atoms with Gasteiger partial charge in [-0.25, -0.2) is 20.4 Å². The van der Waals surface area contributed by atoms with Crippen LogP contribution in [-0.2, 0) is 0 Å². The second-order valence-electron chi connectivity index (χ2n) is 9.19. The number of unbranched alkanes of at least 4 members (excludes halogenated alkanes) is 3. The number of urea groups is 2. The van der Waals surface area contributed by atoms with Crippen LogP contribution in [0.3, 0.4) is 0 Å². The summed E-state index contributed by atoms with van der Waals surface area (Å²) in [6.07, 6.45) is 4.15. The number of nitrogens with one attached hydrogen (secondary N) is 4. The van der Waals surface area contributed by atoms with Gasteiger partial charge in [0.05, 0.1) is 11.4 Å². The third-order valence-corrected chi connectivity index (χ3v) is 6.36. The average Bonchev–Trinajstić information content (AvgIpc) is 2.94. The number of nitrogens with zero attached hydrogens (tertiary/aromatic N) is 2. The molecule has 12 heteroatoms. The number of rotatable bonds is 13. The Morgan fingerprint density at radius 2 is 1.02 bits per heavy atom. The molecule has 0 aromatic heterocycles. The van der Waals surface area contributed by atoms with Gasteiger partial charge in [-0.15, -0.1) is 0 Å². The Bertz CT molecular complexity index is 1150. The van der Waals surface area contributed by atoms with Crippen LogP contribution >= 0.6 is 0 Å². The number of hydrogen-bond donors (Lipinski definition) is 8. The Balaban J connectivity index is 1.64. The molecule has 2 aromatic rings. The number of hydrazone groups is 2. The molecule has 0 bridgehead atoms. The molecule has 40 heavy (non-hydrogen) atoms. The van der Waals surface area contributed by atoms with E-state index >= 15 is 0 Å². The van der Waals surface area contributed by atoms with Crippen molar-refractivity contribution in [2.75, 3.05) is 13.1 Å². The highest BCUT2D eigenvalue weighted by Crippen LogP contribution is 2.31. The maximum atomic E-state index is 12.1. The molecule has 0 aliphatic rings. The minimum absolute atomic E-state index is 0.0138. The monoisotopic (exact) mass is 556 g/mol. The molecule has 0 spiro atoms. The third-order valence-electron chi connectivity index (χ3n) is 6.36.